The van der Waals surface area contributed by atoms with E-state index in [0.29, 0.717) is 0 Å². The van der Waals surface area contributed by atoms with Crippen LogP contribution in [0.2, 0.25) is 0 Å². The van der Waals surface area contributed by atoms with Crippen molar-refractivity contribution in [1.29, 1.82) is 0 Å². The number of amides is 1. The number of nitrogens with one attached hydrogen (secondary N) is 1. The van der Waals surface area contributed by atoms with Gasteiger partial charge in [0.2, 0.25) is 0 Å². The average Bonchev–Trinajstić information content (AvgIpc) is 2.85. The topological polar surface area (TPSA) is 214 Å². The number of hydrogen-bond donors (Lipinski definition) is 7. The summed E-state index contributed by atoms with van der Waals surface area (Å²) < 4.78 is 26.3. The lowest BCUT2D eigenvalue weighted by molar-refractivity contribution is -0.333. The molecular formula is C20H33NO13S. The summed E-state index contributed by atoms with van der Waals surface area (Å²) in [7, 11) is 1.23. The van der Waals surface area contributed by atoms with Gasteiger partial charge in [-0.1, -0.05) is 12.7 Å². The van der Waals surface area contributed by atoms with Crippen molar-refractivity contribution in [1.82, 2.24) is 5.32 Å². The van der Waals surface area contributed by atoms with Gasteiger partial charge in [0.15, 0.2) is 6.29 Å². The lowest BCUT2D eigenvalue weighted by Crippen LogP contribution is -2.66. The van der Waals surface area contributed by atoms with Crippen LogP contribution in [0.1, 0.15) is 6.42 Å². The number of thioether (sulfide) groups is 1. The maximum Gasteiger partial charge on any atom is 0.407 e. The lowest BCUT2D eigenvalue weighted by atomic mass is 9.96. The maximum atomic E-state index is 12.2. The molecule has 0 saturated carbocycles. The van der Waals surface area contributed by atoms with E-state index in [9.17, 15) is 40.2 Å². The molecule has 202 valence electrons. The number of esters is 1. The third-order valence-corrected chi connectivity index (χ3v) is 6.60. The number of hydrogen-bond acceptors (Lipinski definition) is 14. The molecule has 0 aromatic carbocycles. The van der Waals surface area contributed by atoms with E-state index in [1.807, 2.05) is 0 Å². The minimum absolute atomic E-state index is 0.0132. The van der Waals surface area contributed by atoms with Crippen LogP contribution >= 0.6 is 11.8 Å². The van der Waals surface area contributed by atoms with Crippen molar-refractivity contribution in [3.8, 4) is 0 Å². The number of carbonyl (C=O) groups is 2. The van der Waals surface area contributed by atoms with Gasteiger partial charge in [0.25, 0.3) is 0 Å². The number of aliphatic hydroxyl groups is 6. The quantitative estimate of drug-likeness (QED) is 0.104. The summed E-state index contributed by atoms with van der Waals surface area (Å²) in [5.41, 5.74) is -0.960. The molecule has 0 unspecified atom stereocenters. The first-order valence-electron chi connectivity index (χ1n) is 10.8. The second kappa shape index (κ2) is 14.3. The molecule has 2 heterocycles. The van der Waals surface area contributed by atoms with Crippen LogP contribution in [0, 0.1) is 0 Å². The first kappa shape index (κ1) is 29.7. The largest absolute Gasteiger partial charge is 0.469 e. The van der Waals surface area contributed by atoms with Gasteiger partial charge < -0.3 is 59.6 Å². The SMILES string of the molecule is C=CCOC(=O)N[C@@H]1[C@@H](O)[C@H](O[C@@H]2O[C@H](CO)[C@H](O)[C@H](O)[C@H]2O)[C@@H](CO)O[C@H]1SCCC(=O)OC. The average molecular weight is 528 g/mol. The smallest absolute Gasteiger partial charge is 0.407 e. The minimum Gasteiger partial charge on any atom is -0.469 e. The molecule has 35 heavy (non-hydrogen) atoms. The molecule has 15 heteroatoms. The Morgan fingerprint density at radius 1 is 1.03 bits per heavy atom. The van der Waals surface area contributed by atoms with Gasteiger partial charge in [-0.05, 0) is 0 Å². The third-order valence-electron chi connectivity index (χ3n) is 5.43. The maximum absolute atomic E-state index is 12.2. The predicted molar refractivity (Wildman–Crippen MR) is 118 cm³/mol. The summed E-state index contributed by atoms with van der Waals surface area (Å²) >= 11 is 1.06. The molecule has 2 saturated heterocycles. The van der Waals surface area contributed by atoms with Crippen LogP contribution in [-0.4, -0.2) is 136 Å². The summed E-state index contributed by atoms with van der Waals surface area (Å²) in [5, 5.41) is 63.0. The molecule has 10 atom stereocenters. The van der Waals surface area contributed by atoms with Crippen molar-refractivity contribution in [2.75, 3.05) is 32.7 Å². The third kappa shape index (κ3) is 7.72. The van der Waals surface area contributed by atoms with Crippen LogP contribution in [-0.2, 0) is 28.5 Å². The zero-order chi connectivity index (χ0) is 26.1. The molecule has 0 bridgehead atoms. The van der Waals surface area contributed by atoms with Gasteiger partial charge in [-0.2, -0.15) is 0 Å². The number of ether oxygens (including phenoxy) is 5. The molecule has 0 aromatic heterocycles. The highest BCUT2D eigenvalue weighted by atomic mass is 32.2. The van der Waals surface area contributed by atoms with Gasteiger partial charge in [-0.3, -0.25) is 4.79 Å². The second-order valence-corrected chi connectivity index (χ2v) is 8.97. The molecule has 1 amide bonds. The molecule has 2 aliphatic rings. The molecule has 7 N–H and O–H groups in total. The van der Waals surface area contributed by atoms with Gasteiger partial charge >= 0.3 is 12.1 Å². The molecule has 0 aliphatic carbocycles. The number of carbonyl (C=O) groups excluding carboxylic acids is 2. The summed E-state index contributed by atoms with van der Waals surface area (Å²) in [6, 6.07) is -1.17. The minimum atomic E-state index is -1.77. The monoisotopic (exact) mass is 527 g/mol. The van der Waals surface area contributed by atoms with Crippen LogP contribution in [0.3, 0.4) is 0 Å². The van der Waals surface area contributed by atoms with Gasteiger partial charge in [0, 0.05) is 5.75 Å². The Hall–Kier alpha value is -1.53. The highest BCUT2D eigenvalue weighted by Gasteiger charge is 2.51. The van der Waals surface area contributed by atoms with E-state index in [0.717, 1.165) is 11.8 Å². The fourth-order valence-corrected chi connectivity index (χ4v) is 4.71. The summed E-state index contributed by atoms with van der Waals surface area (Å²) in [6.45, 7) is 1.97. The van der Waals surface area contributed by atoms with Crippen molar-refractivity contribution in [3.05, 3.63) is 12.7 Å². The second-order valence-electron chi connectivity index (χ2n) is 7.77. The molecule has 0 radical (unpaired) electrons. The Morgan fingerprint density at radius 2 is 1.71 bits per heavy atom. The fraction of sp³-hybridized carbons (Fsp3) is 0.800. The fourth-order valence-electron chi connectivity index (χ4n) is 3.54. The Bertz CT molecular complexity index is 698. The Kier molecular flexibility index (Phi) is 12.1. The predicted octanol–water partition coefficient (Wildman–Crippen LogP) is -3.17. The molecule has 2 rings (SSSR count). The number of aliphatic hydroxyl groups excluding tert-OH is 6. The number of alkyl carbamates (subject to hydrolysis) is 1. The van der Waals surface area contributed by atoms with Gasteiger partial charge in [0.05, 0.1) is 32.8 Å². The van der Waals surface area contributed by atoms with Crippen LogP contribution in [0.25, 0.3) is 0 Å². The van der Waals surface area contributed by atoms with Crippen LogP contribution < -0.4 is 5.32 Å². The normalized spacial score (nSPS) is 37.3. The molecular weight excluding hydrogens is 494 g/mol. The van der Waals surface area contributed by atoms with Crippen LogP contribution in [0.15, 0.2) is 12.7 Å². The number of rotatable bonds is 11. The molecule has 0 spiro atoms. The van der Waals surface area contributed by atoms with E-state index in [1.54, 1.807) is 0 Å². The van der Waals surface area contributed by atoms with E-state index in [4.69, 9.17) is 18.9 Å². The summed E-state index contributed by atoms with van der Waals surface area (Å²) in [5.74, 6) is -0.286. The van der Waals surface area contributed by atoms with E-state index < -0.39 is 85.8 Å². The zero-order valence-corrected chi connectivity index (χ0v) is 19.9. The Balaban J connectivity index is 2.20. The molecule has 0 aromatic rings. The van der Waals surface area contributed by atoms with Crippen molar-refractivity contribution >= 4 is 23.8 Å². The van der Waals surface area contributed by atoms with E-state index in [1.165, 1.54) is 13.2 Å². The van der Waals surface area contributed by atoms with Gasteiger partial charge in [-0.25, -0.2) is 4.79 Å². The standard InChI is InChI=1S/C20H33NO13S/c1-3-5-31-20(29)21-12-14(26)17(10(8-23)33-19(12)35-6-4-11(24)30-2)34-18-16(28)15(27)13(25)9(7-22)32-18/h3,9-10,12-19,22-23,25-28H,1,4-8H2,2H3,(H,21,29)/t9-,10-,12-,13+,14-,15+,16-,17-,18+,19+/m1/s1. The van der Waals surface area contributed by atoms with Crippen molar-refractivity contribution < 1.29 is 63.9 Å². The van der Waals surface area contributed by atoms with Crippen LogP contribution in [0.5, 0.6) is 0 Å². The first-order chi connectivity index (χ1) is 16.7. The summed E-state index contributed by atoms with van der Waals surface area (Å²) in [6.07, 6.45) is -11.7. The first-order valence-corrected chi connectivity index (χ1v) is 11.9. The zero-order valence-electron chi connectivity index (χ0n) is 19.0. The molecule has 2 fully saturated rings. The van der Waals surface area contributed by atoms with E-state index >= 15 is 0 Å². The Labute approximate surface area is 205 Å². The highest BCUT2D eigenvalue weighted by molar-refractivity contribution is 7.99. The summed E-state index contributed by atoms with van der Waals surface area (Å²) in [4.78, 5) is 23.6. The van der Waals surface area contributed by atoms with Crippen molar-refractivity contribution in [2.24, 2.45) is 0 Å². The molecule has 2 aliphatic heterocycles. The van der Waals surface area contributed by atoms with E-state index in [2.05, 4.69) is 16.6 Å². The molecule has 14 nitrogen and oxygen atoms in total. The van der Waals surface area contributed by atoms with Crippen LogP contribution in [0.4, 0.5) is 4.79 Å². The van der Waals surface area contributed by atoms with E-state index in [-0.39, 0.29) is 18.8 Å². The van der Waals surface area contributed by atoms with Gasteiger partial charge in [-0.15, -0.1) is 11.8 Å². The Morgan fingerprint density at radius 3 is 2.31 bits per heavy atom. The van der Waals surface area contributed by atoms with Crippen molar-refractivity contribution in [3.63, 3.8) is 0 Å². The number of methoxy groups -OCH3 is 1. The highest BCUT2D eigenvalue weighted by Crippen LogP contribution is 2.33. The van der Waals surface area contributed by atoms with Crippen molar-refractivity contribution in [2.45, 2.75) is 66.9 Å². The van der Waals surface area contributed by atoms with Gasteiger partial charge in [0.1, 0.15) is 54.8 Å². The lowest BCUT2D eigenvalue weighted by Gasteiger charge is -2.47.